The molecule has 1 N–H and O–H groups in total. The number of thiazole rings is 1. The van der Waals surface area contributed by atoms with Gasteiger partial charge in [-0.1, -0.05) is 61.4 Å². The van der Waals surface area contributed by atoms with Gasteiger partial charge in [-0.2, -0.15) is 0 Å². The summed E-state index contributed by atoms with van der Waals surface area (Å²) in [5.74, 6) is 0.811. The van der Waals surface area contributed by atoms with Gasteiger partial charge in [-0.05, 0) is 31.5 Å². The molecule has 2 aromatic carbocycles. The zero-order valence-electron chi connectivity index (χ0n) is 17.5. The number of carbonyl (C=O) groups excluding carboxylic acids is 1. The van der Waals surface area contributed by atoms with Crippen molar-refractivity contribution < 1.29 is 9.53 Å². The molecule has 0 spiro atoms. The normalized spacial score (nSPS) is 11.3. The predicted octanol–water partition coefficient (Wildman–Crippen LogP) is 4.98. The van der Waals surface area contributed by atoms with Gasteiger partial charge in [0.1, 0.15) is 17.4 Å². The molecule has 0 bridgehead atoms. The molecular weight excluding hydrogens is 380 g/mol. The van der Waals surface area contributed by atoms with E-state index in [0.29, 0.717) is 13.2 Å². The Kier molecular flexibility index (Phi) is 6.70. The van der Waals surface area contributed by atoms with E-state index >= 15 is 0 Å². The first kappa shape index (κ1) is 21.1. The Morgan fingerprint density at radius 1 is 1.10 bits per heavy atom. The van der Waals surface area contributed by atoms with Crippen LogP contribution >= 0.6 is 11.3 Å². The fraction of sp³-hybridized carbons (Fsp3) is 0.333. The monoisotopic (exact) mass is 408 g/mol. The van der Waals surface area contributed by atoms with E-state index < -0.39 is 0 Å². The standard InChI is InChI=1S/C24H28N2O2S/c1-17-8-10-21(11-9-17)28-14-23-26-20(15-29-23)13-22(27)25-16-24(3,4)19-7-5-6-18(2)12-19/h5-12,15H,13-14,16H2,1-4H3,(H,25,27). The minimum absolute atomic E-state index is 0.0120. The van der Waals surface area contributed by atoms with Crippen molar-refractivity contribution in [3.05, 3.63) is 81.3 Å². The van der Waals surface area contributed by atoms with Gasteiger partial charge >= 0.3 is 0 Å². The van der Waals surface area contributed by atoms with Crippen molar-refractivity contribution in [3.8, 4) is 5.75 Å². The molecule has 1 amide bonds. The average Bonchev–Trinajstić information content (AvgIpc) is 3.13. The number of aromatic nitrogens is 1. The molecular formula is C24H28N2O2S. The first-order chi connectivity index (χ1) is 13.8. The summed E-state index contributed by atoms with van der Waals surface area (Å²) in [5.41, 5.74) is 4.30. The van der Waals surface area contributed by atoms with Gasteiger partial charge in [0.25, 0.3) is 0 Å². The van der Waals surface area contributed by atoms with Gasteiger partial charge in [0.15, 0.2) is 0 Å². The SMILES string of the molecule is Cc1ccc(OCc2nc(CC(=O)NCC(C)(C)c3cccc(C)c3)cs2)cc1. The molecule has 152 valence electrons. The molecule has 5 heteroatoms. The quantitative estimate of drug-likeness (QED) is 0.572. The van der Waals surface area contributed by atoms with E-state index in [9.17, 15) is 4.79 Å². The number of nitrogens with zero attached hydrogens (tertiary/aromatic N) is 1. The maximum Gasteiger partial charge on any atom is 0.226 e. The highest BCUT2D eigenvalue weighted by Gasteiger charge is 2.21. The van der Waals surface area contributed by atoms with Crippen LogP contribution in [0.25, 0.3) is 0 Å². The van der Waals surface area contributed by atoms with Crippen molar-refractivity contribution in [2.75, 3.05) is 6.54 Å². The molecule has 3 aromatic rings. The second kappa shape index (κ2) is 9.23. The van der Waals surface area contributed by atoms with E-state index in [4.69, 9.17) is 4.74 Å². The van der Waals surface area contributed by atoms with Crippen LogP contribution in [0.3, 0.4) is 0 Å². The van der Waals surface area contributed by atoms with E-state index in [-0.39, 0.29) is 17.7 Å². The summed E-state index contributed by atoms with van der Waals surface area (Å²) >= 11 is 1.52. The van der Waals surface area contributed by atoms with Crippen LogP contribution in [0.1, 0.15) is 41.2 Å². The molecule has 0 fully saturated rings. The highest BCUT2D eigenvalue weighted by Crippen LogP contribution is 2.23. The van der Waals surface area contributed by atoms with Crippen molar-refractivity contribution in [2.24, 2.45) is 0 Å². The zero-order chi connectivity index (χ0) is 20.9. The molecule has 0 radical (unpaired) electrons. The molecule has 3 rings (SSSR count). The van der Waals surface area contributed by atoms with Gasteiger partial charge in [-0.25, -0.2) is 4.98 Å². The van der Waals surface area contributed by atoms with Crippen LogP contribution in [-0.2, 0) is 23.2 Å². The van der Waals surface area contributed by atoms with Crippen LogP contribution in [0.2, 0.25) is 0 Å². The number of nitrogens with one attached hydrogen (secondary N) is 1. The summed E-state index contributed by atoms with van der Waals surface area (Å²) in [6.07, 6.45) is 0.283. The van der Waals surface area contributed by atoms with Gasteiger partial charge in [-0.3, -0.25) is 4.79 Å². The topological polar surface area (TPSA) is 51.2 Å². The van der Waals surface area contributed by atoms with Crippen LogP contribution in [0.15, 0.2) is 53.9 Å². The summed E-state index contributed by atoms with van der Waals surface area (Å²) in [5, 5.41) is 5.85. The number of aryl methyl sites for hydroxylation is 2. The lowest BCUT2D eigenvalue weighted by Crippen LogP contribution is -2.37. The van der Waals surface area contributed by atoms with Crippen LogP contribution in [-0.4, -0.2) is 17.4 Å². The van der Waals surface area contributed by atoms with Gasteiger partial charge in [-0.15, -0.1) is 11.3 Å². The molecule has 0 atom stereocenters. The number of rotatable bonds is 8. The number of hydrogen-bond donors (Lipinski definition) is 1. The van der Waals surface area contributed by atoms with E-state index in [1.54, 1.807) is 0 Å². The second-order valence-electron chi connectivity index (χ2n) is 8.04. The first-order valence-corrected chi connectivity index (χ1v) is 10.7. The summed E-state index contributed by atoms with van der Waals surface area (Å²) in [4.78, 5) is 16.9. The Morgan fingerprint density at radius 2 is 1.86 bits per heavy atom. The Labute approximate surface area is 177 Å². The maximum atomic E-state index is 12.4. The Morgan fingerprint density at radius 3 is 2.59 bits per heavy atom. The predicted molar refractivity (Wildman–Crippen MR) is 119 cm³/mol. The highest BCUT2D eigenvalue weighted by atomic mass is 32.1. The van der Waals surface area contributed by atoms with Gasteiger partial charge in [0, 0.05) is 17.3 Å². The molecule has 0 aliphatic carbocycles. The van der Waals surface area contributed by atoms with Crippen molar-refractivity contribution in [1.82, 2.24) is 10.3 Å². The molecule has 0 aliphatic rings. The van der Waals surface area contributed by atoms with Crippen molar-refractivity contribution in [3.63, 3.8) is 0 Å². The third kappa shape index (κ3) is 6.16. The average molecular weight is 409 g/mol. The number of amides is 1. The molecule has 0 unspecified atom stereocenters. The minimum atomic E-state index is -0.128. The number of benzene rings is 2. The van der Waals surface area contributed by atoms with E-state index in [1.165, 1.54) is 28.0 Å². The summed E-state index contributed by atoms with van der Waals surface area (Å²) in [6.45, 7) is 9.42. The number of hydrogen-bond acceptors (Lipinski definition) is 4. The largest absolute Gasteiger partial charge is 0.486 e. The van der Waals surface area contributed by atoms with Crippen LogP contribution in [0.5, 0.6) is 5.75 Å². The molecule has 1 aromatic heterocycles. The highest BCUT2D eigenvalue weighted by molar-refractivity contribution is 7.09. The minimum Gasteiger partial charge on any atom is -0.486 e. The second-order valence-corrected chi connectivity index (χ2v) is 8.98. The summed E-state index contributed by atoms with van der Waals surface area (Å²) in [7, 11) is 0. The molecule has 0 aliphatic heterocycles. The third-order valence-electron chi connectivity index (χ3n) is 4.85. The smallest absolute Gasteiger partial charge is 0.226 e. The fourth-order valence-electron chi connectivity index (χ4n) is 2.99. The van der Waals surface area contributed by atoms with E-state index in [1.807, 2.05) is 36.6 Å². The van der Waals surface area contributed by atoms with Crippen LogP contribution in [0, 0.1) is 13.8 Å². The van der Waals surface area contributed by atoms with Crippen LogP contribution < -0.4 is 10.1 Å². The van der Waals surface area contributed by atoms with Crippen molar-refractivity contribution >= 4 is 17.2 Å². The molecule has 4 nitrogen and oxygen atoms in total. The third-order valence-corrected chi connectivity index (χ3v) is 5.72. The zero-order valence-corrected chi connectivity index (χ0v) is 18.3. The Bertz CT molecular complexity index is 961. The first-order valence-electron chi connectivity index (χ1n) is 9.78. The van der Waals surface area contributed by atoms with E-state index in [2.05, 4.69) is 55.3 Å². The van der Waals surface area contributed by atoms with Crippen molar-refractivity contribution in [1.29, 1.82) is 0 Å². The van der Waals surface area contributed by atoms with Gasteiger partial charge in [0.05, 0.1) is 12.1 Å². The molecule has 0 saturated heterocycles. The molecule has 0 saturated carbocycles. The van der Waals surface area contributed by atoms with Crippen LogP contribution in [0.4, 0.5) is 0 Å². The van der Waals surface area contributed by atoms with Gasteiger partial charge < -0.3 is 10.1 Å². The Hall–Kier alpha value is -2.66. The Balaban J connectivity index is 1.49. The molecule has 1 heterocycles. The maximum absolute atomic E-state index is 12.4. The van der Waals surface area contributed by atoms with Crippen molar-refractivity contribution in [2.45, 2.75) is 46.1 Å². The summed E-state index contributed by atoms with van der Waals surface area (Å²) in [6, 6.07) is 16.4. The lowest BCUT2D eigenvalue weighted by Gasteiger charge is -2.26. The number of carbonyl (C=O) groups is 1. The molecule has 29 heavy (non-hydrogen) atoms. The lowest BCUT2D eigenvalue weighted by atomic mass is 9.84. The van der Waals surface area contributed by atoms with Gasteiger partial charge in [0.2, 0.25) is 5.91 Å². The lowest BCUT2D eigenvalue weighted by molar-refractivity contribution is -0.120. The summed E-state index contributed by atoms with van der Waals surface area (Å²) < 4.78 is 5.76. The van der Waals surface area contributed by atoms with E-state index in [0.717, 1.165) is 16.5 Å². The fourth-order valence-corrected chi connectivity index (χ4v) is 3.70. The number of ether oxygens (including phenoxy) is 1.